The van der Waals surface area contributed by atoms with Gasteiger partial charge in [-0.3, -0.25) is 14.9 Å². The molecule has 0 bridgehead atoms. The van der Waals surface area contributed by atoms with Gasteiger partial charge in [0.25, 0.3) is 5.91 Å². The Bertz CT molecular complexity index is 836. The highest BCUT2D eigenvalue weighted by Crippen LogP contribution is 2.28. The number of benzene rings is 2. The second-order valence-electron chi connectivity index (χ2n) is 4.97. The van der Waals surface area contributed by atoms with E-state index in [1.165, 1.54) is 26.4 Å². The maximum Gasteiger partial charge on any atom is 0.338 e. The summed E-state index contributed by atoms with van der Waals surface area (Å²) in [5, 5.41) is 13.7. The monoisotopic (exact) mass is 360 g/mol. The van der Waals surface area contributed by atoms with Crippen molar-refractivity contribution < 1.29 is 28.7 Å². The SMILES string of the molecule is COC(=O)c1ccc(OCC(=O)Nc2ccccc2OC)c([N+](=O)[O-])c1. The lowest BCUT2D eigenvalue weighted by Crippen LogP contribution is -2.20. The van der Waals surface area contributed by atoms with Gasteiger partial charge in [0, 0.05) is 6.07 Å². The van der Waals surface area contributed by atoms with E-state index in [9.17, 15) is 19.7 Å². The number of para-hydroxylation sites is 2. The number of hydrogen-bond acceptors (Lipinski definition) is 7. The number of methoxy groups -OCH3 is 2. The van der Waals surface area contributed by atoms with Gasteiger partial charge in [0.05, 0.1) is 30.4 Å². The van der Waals surface area contributed by atoms with E-state index in [0.29, 0.717) is 11.4 Å². The molecule has 26 heavy (non-hydrogen) atoms. The largest absolute Gasteiger partial charge is 0.495 e. The molecule has 0 radical (unpaired) electrons. The lowest BCUT2D eigenvalue weighted by atomic mass is 10.2. The number of carbonyl (C=O) groups excluding carboxylic acids is 2. The van der Waals surface area contributed by atoms with Crippen LogP contribution in [0.2, 0.25) is 0 Å². The van der Waals surface area contributed by atoms with Crippen LogP contribution >= 0.6 is 0 Å². The van der Waals surface area contributed by atoms with Crippen molar-refractivity contribution in [1.29, 1.82) is 0 Å². The molecular formula is C17H16N2O7. The number of anilines is 1. The highest BCUT2D eigenvalue weighted by atomic mass is 16.6. The number of nitrogens with zero attached hydrogens (tertiary/aromatic N) is 1. The van der Waals surface area contributed by atoms with Gasteiger partial charge in [0.1, 0.15) is 5.75 Å². The lowest BCUT2D eigenvalue weighted by Gasteiger charge is -2.11. The Morgan fingerprint density at radius 3 is 2.50 bits per heavy atom. The zero-order valence-corrected chi connectivity index (χ0v) is 14.1. The third kappa shape index (κ3) is 4.47. The molecule has 0 aliphatic rings. The molecule has 0 spiro atoms. The quantitative estimate of drug-likeness (QED) is 0.458. The summed E-state index contributed by atoms with van der Waals surface area (Å²) in [7, 11) is 2.63. The van der Waals surface area contributed by atoms with Crippen molar-refractivity contribution in [1.82, 2.24) is 0 Å². The molecule has 0 fully saturated rings. The Balaban J connectivity index is 2.09. The summed E-state index contributed by atoms with van der Waals surface area (Å²) in [6.45, 7) is -0.462. The van der Waals surface area contributed by atoms with Gasteiger partial charge in [-0.05, 0) is 24.3 Å². The lowest BCUT2D eigenvalue weighted by molar-refractivity contribution is -0.385. The fourth-order valence-electron chi connectivity index (χ4n) is 2.10. The molecule has 0 heterocycles. The van der Waals surface area contributed by atoms with Crippen molar-refractivity contribution in [3.05, 3.63) is 58.1 Å². The number of nitro benzene ring substituents is 1. The summed E-state index contributed by atoms with van der Waals surface area (Å²) < 4.78 is 14.9. The fourth-order valence-corrected chi connectivity index (χ4v) is 2.10. The molecule has 0 saturated carbocycles. The minimum atomic E-state index is -0.714. The van der Waals surface area contributed by atoms with E-state index in [1.807, 2.05) is 0 Å². The molecule has 2 rings (SSSR count). The van der Waals surface area contributed by atoms with Crippen LogP contribution in [0.4, 0.5) is 11.4 Å². The maximum atomic E-state index is 12.0. The molecule has 0 unspecified atom stereocenters. The molecule has 0 saturated heterocycles. The first-order valence-electron chi connectivity index (χ1n) is 7.38. The molecule has 136 valence electrons. The number of nitrogens with one attached hydrogen (secondary N) is 1. The molecule has 0 aliphatic heterocycles. The van der Waals surface area contributed by atoms with Crippen molar-refractivity contribution in [2.24, 2.45) is 0 Å². The molecule has 0 atom stereocenters. The fraction of sp³-hybridized carbons (Fsp3) is 0.176. The summed E-state index contributed by atoms with van der Waals surface area (Å²) in [5.74, 6) is -0.915. The molecule has 0 aliphatic carbocycles. The van der Waals surface area contributed by atoms with Crippen LogP contribution in [-0.4, -0.2) is 37.6 Å². The molecule has 0 aromatic heterocycles. The Hall–Kier alpha value is -3.62. The van der Waals surface area contributed by atoms with Gasteiger partial charge in [-0.2, -0.15) is 0 Å². The predicted octanol–water partition coefficient (Wildman–Crippen LogP) is 2.41. The van der Waals surface area contributed by atoms with E-state index in [0.717, 1.165) is 6.07 Å². The van der Waals surface area contributed by atoms with Gasteiger partial charge in [0.15, 0.2) is 12.4 Å². The number of amides is 1. The topological polar surface area (TPSA) is 117 Å². The Labute approximate surface area is 148 Å². The molecule has 2 aromatic rings. The zero-order chi connectivity index (χ0) is 19.1. The third-order valence-electron chi connectivity index (χ3n) is 3.32. The highest BCUT2D eigenvalue weighted by molar-refractivity contribution is 5.93. The first-order chi connectivity index (χ1) is 12.5. The van der Waals surface area contributed by atoms with Crippen LogP contribution < -0.4 is 14.8 Å². The number of carbonyl (C=O) groups is 2. The van der Waals surface area contributed by atoms with Crippen LogP contribution in [0.25, 0.3) is 0 Å². The number of ether oxygens (including phenoxy) is 3. The van der Waals surface area contributed by atoms with Crippen LogP contribution in [0.3, 0.4) is 0 Å². The van der Waals surface area contributed by atoms with Crippen LogP contribution in [0, 0.1) is 10.1 Å². The number of hydrogen-bond donors (Lipinski definition) is 1. The zero-order valence-electron chi connectivity index (χ0n) is 14.1. The molecule has 2 aromatic carbocycles. The predicted molar refractivity (Wildman–Crippen MR) is 91.6 cm³/mol. The number of esters is 1. The average Bonchev–Trinajstić information content (AvgIpc) is 2.65. The van der Waals surface area contributed by atoms with E-state index in [4.69, 9.17) is 9.47 Å². The summed E-state index contributed by atoms with van der Waals surface area (Å²) in [5.41, 5.74) is 0.00199. The smallest absolute Gasteiger partial charge is 0.338 e. The second kappa shape index (κ2) is 8.47. The molecule has 9 nitrogen and oxygen atoms in total. The third-order valence-corrected chi connectivity index (χ3v) is 3.32. The molecule has 9 heteroatoms. The Morgan fingerprint density at radius 1 is 1.12 bits per heavy atom. The normalized spacial score (nSPS) is 9.92. The van der Waals surface area contributed by atoms with Gasteiger partial charge in [0.2, 0.25) is 0 Å². The molecule has 1 N–H and O–H groups in total. The summed E-state index contributed by atoms with van der Waals surface area (Å²) in [6, 6.07) is 10.4. The van der Waals surface area contributed by atoms with Crippen molar-refractivity contribution in [3.8, 4) is 11.5 Å². The molecule has 1 amide bonds. The second-order valence-corrected chi connectivity index (χ2v) is 4.97. The van der Waals surface area contributed by atoms with Crippen molar-refractivity contribution in [2.75, 3.05) is 26.1 Å². The van der Waals surface area contributed by atoms with Crippen LogP contribution in [-0.2, 0) is 9.53 Å². The minimum Gasteiger partial charge on any atom is -0.495 e. The van der Waals surface area contributed by atoms with Crippen molar-refractivity contribution in [3.63, 3.8) is 0 Å². The van der Waals surface area contributed by atoms with Crippen molar-refractivity contribution >= 4 is 23.3 Å². The summed E-state index contributed by atoms with van der Waals surface area (Å²) in [4.78, 5) is 33.9. The van der Waals surface area contributed by atoms with Gasteiger partial charge in [-0.1, -0.05) is 12.1 Å². The summed E-state index contributed by atoms with van der Waals surface area (Å²) in [6.07, 6.45) is 0. The van der Waals surface area contributed by atoms with Crippen LogP contribution in [0.1, 0.15) is 10.4 Å². The van der Waals surface area contributed by atoms with Gasteiger partial charge in [-0.25, -0.2) is 4.79 Å². The number of nitro groups is 1. The van der Waals surface area contributed by atoms with E-state index >= 15 is 0 Å². The van der Waals surface area contributed by atoms with E-state index in [1.54, 1.807) is 24.3 Å². The first kappa shape index (κ1) is 18.7. The van der Waals surface area contributed by atoms with Gasteiger partial charge in [-0.15, -0.1) is 0 Å². The number of rotatable bonds is 7. The first-order valence-corrected chi connectivity index (χ1v) is 7.38. The van der Waals surface area contributed by atoms with E-state index in [2.05, 4.69) is 10.1 Å². The van der Waals surface area contributed by atoms with Crippen LogP contribution in [0.15, 0.2) is 42.5 Å². The highest BCUT2D eigenvalue weighted by Gasteiger charge is 2.20. The Kier molecular flexibility index (Phi) is 6.10. The maximum absolute atomic E-state index is 12.0. The van der Waals surface area contributed by atoms with Gasteiger partial charge < -0.3 is 19.5 Å². The Morgan fingerprint density at radius 2 is 1.85 bits per heavy atom. The standard InChI is InChI=1S/C17H16N2O7/c1-24-14-6-4-3-5-12(14)18-16(20)10-26-15-8-7-11(17(21)25-2)9-13(15)19(22)23/h3-9H,10H2,1-2H3,(H,18,20). The van der Waals surface area contributed by atoms with Gasteiger partial charge >= 0.3 is 11.7 Å². The van der Waals surface area contributed by atoms with Crippen LogP contribution in [0.5, 0.6) is 11.5 Å². The minimum absolute atomic E-state index is 0.00465. The summed E-state index contributed by atoms with van der Waals surface area (Å²) >= 11 is 0. The van der Waals surface area contributed by atoms with E-state index in [-0.39, 0.29) is 11.3 Å². The van der Waals surface area contributed by atoms with Crippen molar-refractivity contribution in [2.45, 2.75) is 0 Å². The average molecular weight is 360 g/mol. The van der Waals surface area contributed by atoms with E-state index < -0.39 is 29.1 Å². The molecular weight excluding hydrogens is 344 g/mol.